The van der Waals surface area contributed by atoms with Gasteiger partial charge in [0.25, 0.3) is 0 Å². The van der Waals surface area contributed by atoms with Crippen molar-refractivity contribution in [1.82, 2.24) is 0 Å². The van der Waals surface area contributed by atoms with Crippen LogP contribution in [-0.4, -0.2) is 37.2 Å². The van der Waals surface area contributed by atoms with Gasteiger partial charge in [-0.2, -0.15) is 0 Å². The minimum atomic E-state index is -0.786. The molecule has 6 heteroatoms. The van der Waals surface area contributed by atoms with Crippen LogP contribution < -0.4 is 0 Å². The predicted molar refractivity (Wildman–Crippen MR) is 353 cm³/mol. The van der Waals surface area contributed by atoms with Gasteiger partial charge in [0.15, 0.2) is 6.10 Å². The van der Waals surface area contributed by atoms with Gasteiger partial charge < -0.3 is 14.2 Å². The molecule has 0 saturated carbocycles. The van der Waals surface area contributed by atoms with E-state index >= 15 is 0 Å². The molecule has 470 valence electrons. The van der Waals surface area contributed by atoms with E-state index in [2.05, 4.69) is 93.7 Å². The average molecular weight is 1130 g/mol. The van der Waals surface area contributed by atoms with Crippen LogP contribution in [0.1, 0.15) is 367 Å². The van der Waals surface area contributed by atoms with E-state index in [0.717, 1.165) is 96.3 Å². The molecule has 0 aliphatic carbocycles. The third kappa shape index (κ3) is 67.5. The number of ether oxygens (including phenoxy) is 3. The lowest BCUT2D eigenvalue weighted by molar-refractivity contribution is -0.167. The van der Waals surface area contributed by atoms with Crippen LogP contribution in [0.4, 0.5) is 0 Å². The van der Waals surface area contributed by atoms with E-state index in [4.69, 9.17) is 14.2 Å². The van der Waals surface area contributed by atoms with Crippen LogP contribution in [0.25, 0.3) is 0 Å². The van der Waals surface area contributed by atoms with Gasteiger partial charge in [0.05, 0.1) is 0 Å². The van der Waals surface area contributed by atoms with Crippen molar-refractivity contribution >= 4 is 17.9 Å². The normalized spacial score (nSPS) is 12.5. The summed E-state index contributed by atoms with van der Waals surface area (Å²) in [6.45, 7) is 6.62. The molecule has 0 saturated heterocycles. The van der Waals surface area contributed by atoms with E-state index in [1.165, 1.54) is 231 Å². The second-order valence-corrected chi connectivity index (χ2v) is 23.8. The molecule has 0 aliphatic rings. The average Bonchev–Trinajstić information content (AvgIpc) is 3.46. The number of hydrogen-bond donors (Lipinski definition) is 0. The molecule has 0 fully saturated rings. The van der Waals surface area contributed by atoms with E-state index in [-0.39, 0.29) is 31.1 Å². The second-order valence-electron chi connectivity index (χ2n) is 23.8. The summed E-state index contributed by atoms with van der Waals surface area (Å²) in [5, 5.41) is 0. The highest BCUT2D eigenvalue weighted by Crippen LogP contribution is 2.17. The Labute approximate surface area is 503 Å². The molecule has 0 heterocycles. The highest BCUT2D eigenvalue weighted by molar-refractivity contribution is 5.71. The summed E-state index contributed by atoms with van der Waals surface area (Å²) in [6, 6.07) is 0. The molecule has 0 aromatic heterocycles. The van der Waals surface area contributed by atoms with Gasteiger partial charge in [-0.25, -0.2) is 0 Å². The summed E-state index contributed by atoms with van der Waals surface area (Å²) >= 11 is 0. The summed E-state index contributed by atoms with van der Waals surface area (Å²) in [7, 11) is 0. The Morgan fingerprint density at radius 3 is 0.741 bits per heavy atom. The first-order valence-electron chi connectivity index (χ1n) is 35.4. The Morgan fingerprint density at radius 1 is 0.247 bits per heavy atom. The monoisotopic (exact) mass is 1130 g/mol. The number of unbranched alkanes of at least 4 members (excludes halogenated alkanes) is 42. The molecule has 0 aliphatic heterocycles. The van der Waals surface area contributed by atoms with Crippen molar-refractivity contribution in [3.05, 3.63) is 72.9 Å². The second kappa shape index (κ2) is 69.3. The van der Waals surface area contributed by atoms with Gasteiger partial charge in [0.1, 0.15) is 13.2 Å². The number of rotatable bonds is 65. The first kappa shape index (κ1) is 77.9. The first-order chi connectivity index (χ1) is 40.0. The topological polar surface area (TPSA) is 78.9 Å². The summed E-state index contributed by atoms with van der Waals surface area (Å²) < 4.78 is 17.0. The Kier molecular flexibility index (Phi) is 66.6. The fraction of sp³-hybridized carbons (Fsp3) is 0.800. The van der Waals surface area contributed by atoms with Crippen molar-refractivity contribution in [1.29, 1.82) is 0 Å². The van der Waals surface area contributed by atoms with Crippen molar-refractivity contribution in [3.63, 3.8) is 0 Å². The zero-order chi connectivity index (χ0) is 58.5. The smallest absolute Gasteiger partial charge is 0.306 e. The van der Waals surface area contributed by atoms with Crippen LogP contribution in [0.3, 0.4) is 0 Å². The Morgan fingerprint density at radius 2 is 0.444 bits per heavy atom. The minimum Gasteiger partial charge on any atom is -0.462 e. The quantitative estimate of drug-likeness (QED) is 0.0261. The minimum absolute atomic E-state index is 0.0802. The van der Waals surface area contributed by atoms with Crippen molar-refractivity contribution < 1.29 is 28.6 Å². The van der Waals surface area contributed by atoms with Crippen molar-refractivity contribution in [2.45, 2.75) is 374 Å². The van der Waals surface area contributed by atoms with Gasteiger partial charge in [0, 0.05) is 19.3 Å². The SMILES string of the molecule is CCCCC/C=C\C/C=C\C/C=C\CCCCCCCCC(=O)OC(COC(=O)CCCCCCC/C=C\CCCCCC)COC(=O)CCCCCCCCCCCCCCCCCCCCC/C=C\C/C=C\CCCCCCC. The first-order valence-corrected chi connectivity index (χ1v) is 35.4. The van der Waals surface area contributed by atoms with Gasteiger partial charge in [0.2, 0.25) is 0 Å². The molecule has 1 atom stereocenters. The van der Waals surface area contributed by atoms with Crippen LogP contribution in [0, 0.1) is 0 Å². The molecule has 0 radical (unpaired) electrons. The summed E-state index contributed by atoms with van der Waals surface area (Å²) in [5.74, 6) is -0.883. The fourth-order valence-corrected chi connectivity index (χ4v) is 10.3. The Bertz CT molecular complexity index is 1490. The molecular formula is C75H134O6. The standard InChI is InChI=1S/C75H134O6/c1-4-7-10-13-16-19-22-25-27-29-31-32-33-34-35-36-37-38-39-40-41-42-44-45-47-50-53-56-59-62-65-68-74(77)80-71-72(70-79-73(76)67-64-61-58-55-52-49-24-21-18-15-12-9-6-3)81-75(78)69-66-63-60-57-54-51-48-46-43-30-28-26-23-20-17-14-11-8-5-2/h17,20-22,24-26,28-29,31,43,46,72H,4-16,18-19,23,27,30,32-42,44-45,47-71H2,1-3H3/b20-17-,24-21-,25-22-,28-26-,31-29-,46-43-. The third-order valence-corrected chi connectivity index (χ3v) is 15.7. The molecule has 0 aromatic rings. The summed E-state index contributed by atoms with van der Waals surface area (Å²) in [5.41, 5.74) is 0. The maximum atomic E-state index is 12.9. The zero-order valence-corrected chi connectivity index (χ0v) is 54.1. The largest absolute Gasteiger partial charge is 0.462 e. The lowest BCUT2D eigenvalue weighted by atomic mass is 10.0. The van der Waals surface area contributed by atoms with E-state index in [1.807, 2.05) is 0 Å². The maximum Gasteiger partial charge on any atom is 0.306 e. The van der Waals surface area contributed by atoms with Crippen LogP contribution in [0.15, 0.2) is 72.9 Å². The van der Waals surface area contributed by atoms with Crippen LogP contribution >= 0.6 is 0 Å². The van der Waals surface area contributed by atoms with Crippen molar-refractivity contribution in [3.8, 4) is 0 Å². The third-order valence-electron chi connectivity index (χ3n) is 15.7. The molecule has 0 rings (SSSR count). The number of carbonyl (C=O) groups excluding carboxylic acids is 3. The molecule has 1 unspecified atom stereocenters. The van der Waals surface area contributed by atoms with Crippen LogP contribution in [0.5, 0.6) is 0 Å². The highest BCUT2D eigenvalue weighted by Gasteiger charge is 2.19. The van der Waals surface area contributed by atoms with Gasteiger partial charge in [-0.15, -0.1) is 0 Å². The Hall–Kier alpha value is -3.15. The lowest BCUT2D eigenvalue weighted by Gasteiger charge is -2.18. The van der Waals surface area contributed by atoms with Crippen LogP contribution in [0.2, 0.25) is 0 Å². The molecule has 81 heavy (non-hydrogen) atoms. The van der Waals surface area contributed by atoms with Gasteiger partial charge in [-0.3, -0.25) is 14.4 Å². The number of carbonyl (C=O) groups is 3. The molecule has 0 spiro atoms. The van der Waals surface area contributed by atoms with Crippen LogP contribution in [-0.2, 0) is 28.6 Å². The van der Waals surface area contributed by atoms with E-state index in [1.54, 1.807) is 0 Å². The fourth-order valence-electron chi connectivity index (χ4n) is 10.3. The molecular weight excluding hydrogens is 997 g/mol. The van der Waals surface area contributed by atoms with Gasteiger partial charge in [-0.1, -0.05) is 306 Å². The maximum absolute atomic E-state index is 12.9. The van der Waals surface area contributed by atoms with Crippen molar-refractivity contribution in [2.24, 2.45) is 0 Å². The summed E-state index contributed by atoms with van der Waals surface area (Å²) in [6.07, 6.45) is 90.8. The van der Waals surface area contributed by atoms with E-state index in [0.29, 0.717) is 19.3 Å². The number of esters is 3. The molecule has 6 nitrogen and oxygen atoms in total. The molecule has 0 aromatic carbocycles. The zero-order valence-electron chi connectivity index (χ0n) is 54.1. The highest BCUT2D eigenvalue weighted by atomic mass is 16.6. The summed E-state index contributed by atoms with van der Waals surface area (Å²) in [4.78, 5) is 38.4. The predicted octanol–water partition coefficient (Wildman–Crippen LogP) is 24.4. The molecule has 0 bridgehead atoms. The Balaban J connectivity index is 4.20. The van der Waals surface area contributed by atoms with E-state index < -0.39 is 6.10 Å². The lowest BCUT2D eigenvalue weighted by Crippen LogP contribution is -2.30. The number of allylic oxidation sites excluding steroid dienone is 12. The van der Waals surface area contributed by atoms with Crippen molar-refractivity contribution in [2.75, 3.05) is 13.2 Å². The van der Waals surface area contributed by atoms with E-state index in [9.17, 15) is 14.4 Å². The number of hydrogen-bond acceptors (Lipinski definition) is 6. The molecule has 0 N–H and O–H groups in total. The van der Waals surface area contributed by atoms with Gasteiger partial charge >= 0.3 is 17.9 Å². The molecule has 0 amide bonds. The van der Waals surface area contributed by atoms with Gasteiger partial charge in [-0.05, 0) is 116 Å².